The molecule has 2 amide bonds. The maximum Gasteiger partial charge on any atom is 0.244 e. The van der Waals surface area contributed by atoms with Crippen LogP contribution in [0.25, 0.3) is 0 Å². The summed E-state index contributed by atoms with van der Waals surface area (Å²) in [7, 11) is -2.27. The van der Waals surface area contributed by atoms with Crippen LogP contribution in [0.5, 0.6) is 0 Å². The molecule has 0 bridgehead atoms. The highest BCUT2D eigenvalue weighted by Gasteiger charge is 2.33. The molecule has 196 valence electrons. The molecule has 3 rings (SSSR count). The first-order chi connectivity index (χ1) is 17.6. The van der Waals surface area contributed by atoms with Gasteiger partial charge in [-0.25, -0.2) is 8.42 Å². The van der Waals surface area contributed by atoms with E-state index in [9.17, 15) is 18.0 Å². The van der Waals surface area contributed by atoms with Crippen molar-refractivity contribution in [3.63, 3.8) is 0 Å². The molecule has 3 aromatic carbocycles. The zero-order valence-corrected chi connectivity index (χ0v) is 22.6. The quantitative estimate of drug-likeness (QED) is 0.414. The van der Waals surface area contributed by atoms with Crippen LogP contribution >= 0.6 is 0 Å². The van der Waals surface area contributed by atoms with E-state index in [1.165, 1.54) is 11.9 Å². The summed E-state index contributed by atoms with van der Waals surface area (Å²) in [5.74, 6) is -0.730. The number of anilines is 1. The Morgan fingerprint density at radius 3 is 1.92 bits per heavy atom. The van der Waals surface area contributed by atoms with E-state index in [1.54, 1.807) is 12.1 Å². The molecule has 0 aromatic heterocycles. The van der Waals surface area contributed by atoms with Gasteiger partial charge in [-0.2, -0.15) is 0 Å². The Kier molecular flexibility index (Phi) is 9.47. The second-order valence-electron chi connectivity index (χ2n) is 9.31. The second-order valence-corrected chi connectivity index (χ2v) is 11.2. The summed E-state index contributed by atoms with van der Waals surface area (Å²) >= 11 is 0. The van der Waals surface area contributed by atoms with Crippen LogP contribution in [0.15, 0.2) is 84.9 Å². The molecule has 1 unspecified atom stereocenters. The Balaban J connectivity index is 2.04. The largest absolute Gasteiger partial charge is 0.357 e. The lowest BCUT2D eigenvalue weighted by atomic mass is 10.0. The minimum Gasteiger partial charge on any atom is -0.357 e. The normalized spacial score (nSPS) is 12.1. The van der Waals surface area contributed by atoms with Crippen molar-refractivity contribution in [2.24, 2.45) is 0 Å². The van der Waals surface area contributed by atoms with Crippen molar-refractivity contribution in [2.45, 2.75) is 38.8 Å². The van der Waals surface area contributed by atoms with Gasteiger partial charge in [-0.1, -0.05) is 92.7 Å². The minimum absolute atomic E-state index is 0.0488. The van der Waals surface area contributed by atoms with Crippen LogP contribution in [0.2, 0.25) is 0 Å². The molecular formula is C29H35N3O4S. The van der Waals surface area contributed by atoms with Crippen LogP contribution in [-0.2, 0) is 32.6 Å². The van der Waals surface area contributed by atoms with Crippen molar-refractivity contribution in [2.75, 3.05) is 24.2 Å². The topological polar surface area (TPSA) is 86.8 Å². The first-order valence-electron chi connectivity index (χ1n) is 12.3. The Hall–Kier alpha value is -3.65. The molecule has 7 nitrogen and oxygen atoms in total. The highest BCUT2D eigenvalue weighted by Crippen LogP contribution is 2.29. The first-order valence-corrected chi connectivity index (χ1v) is 14.1. The maximum atomic E-state index is 14.0. The molecule has 0 heterocycles. The predicted molar refractivity (Wildman–Crippen MR) is 148 cm³/mol. The SMILES string of the molecule is CNC(=O)C(Cc1ccccc1)N(Cc1ccccc1)C(=O)CN(c1ccccc1C(C)C)S(C)(=O)=O. The number of nitrogens with one attached hydrogen (secondary N) is 1. The van der Waals surface area contributed by atoms with Gasteiger partial charge in [0, 0.05) is 20.0 Å². The van der Waals surface area contributed by atoms with E-state index in [1.807, 2.05) is 86.6 Å². The summed E-state index contributed by atoms with van der Waals surface area (Å²) in [5, 5.41) is 2.68. The second kappa shape index (κ2) is 12.5. The van der Waals surface area contributed by atoms with E-state index in [0.717, 1.165) is 27.3 Å². The van der Waals surface area contributed by atoms with Gasteiger partial charge < -0.3 is 10.2 Å². The average molecular weight is 522 g/mol. The summed E-state index contributed by atoms with van der Waals surface area (Å²) in [6.07, 6.45) is 1.39. The third-order valence-corrected chi connectivity index (χ3v) is 7.35. The molecule has 8 heteroatoms. The number of hydrogen-bond acceptors (Lipinski definition) is 4. The van der Waals surface area contributed by atoms with E-state index in [2.05, 4.69) is 5.32 Å². The van der Waals surface area contributed by atoms with Gasteiger partial charge in [0.1, 0.15) is 12.6 Å². The highest BCUT2D eigenvalue weighted by atomic mass is 32.2. The van der Waals surface area contributed by atoms with E-state index in [-0.39, 0.29) is 18.4 Å². The Morgan fingerprint density at radius 1 is 0.838 bits per heavy atom. The van der Waals surface area contributed by atoms with Crippen molar-refractivity contribution in [1.82, 2.24) is 10.2 Å². The molecule has 0 spiro atoms. The summed E-state index contributed by atoms with van der Waals surface area (Å²) in [5.41, 5.74) is 3.02. The molecule has 0 aliphatic heterocycles. The number of rotatable bonds is 11. The van der Waals surface area contributed by atoms with Gasteiger partial charge in [-0.15, -0.1) is 0 Å². The van der Waals surface area contributed by atoms with Gasteiger partial charge in [-0.3, -0.25) is 13.9 Å². The number of nitrogens with zero attached hydrogens (tertiary/aromatic N) is 2. The molecule has 37 heavy (non-hydrogen) atoms. The number of hydrogen-bond donors (Lipinski definition) is 1. The summed E-state index contributed by atoms with van der Waals surface area (Å²) in [6, 6.07) is 25.2. The Morgan fingerprint density at radius 2 is 1.38 bits per heavy atom. The van der Waals surface area contributed by atoms with Gasteiger partial charge in [0.05, 0.1) is 11.9 Å². The van der Waals surface area contributed by atoms with Gasteiger partial charge in [0.15, 0.2) is 0 Å². The molecule has 0 saturated heterocycles. The van der Waals surface area contributed by atoms with Crippen LogP contribution in [0.4, 0.5) is 5.69 Å². The van der Waals surface area contributed by atoms with Gasteiger partial charge in [-0.05, 0) is 28.7 Å². The fraction of sp³-hybridized carbons (Fsp3) is 0.310. The lowest BCUT2D eigenvalue weighted by Crippen LogP contribution is -2.53. The number of likely N-dealkylation sites (N-methyl/N-ethyl adjacent to an activating group) is 1. The van der Waals surface area contributed by atoms with E-state index < -0.39 is 28.5 Å². The molecule has 0 aliphatic carbocycles. The standard InChI is InChI=1S/C29H35N3O4S/c1-22(2)25-17-11-12-18-26(25)32(37(4,35)36)21-28(33)31(20-24-15-9-6-10-16-24)27(29(34)30-3)19-23-13-7-5-8-14-23/h5-18,22,27H,19-21H2,1-4H3,(H,30,34). The number of sulfonamides is 1. The van der Waals surface area contributed by atoms with Crippen LogP contribution in [0.3, 0.4) is 0 Å². The van der Waals surface area contributed by atoms with Gasteiger partial charge in [0.25, 0.3) is 0 Å². The maximum absolute atomic E-state index is 14.0. The fourth-order valence-corrected chi connectivity index (χ4v) is 5.17. The summed E-state index contributed by atoms with van der Waals surface area (Å²) in [4.78, 5) is 28.5. The first kappa shape index (κ1) is 27.9. The lowest BCUT2D eigenvalue weighted by molar-refractivity contribution is -0.139. The van der Waals surface area contributed by atoms with Crippen molar-refractivity contribution >= 4 is 27.5 Å². The van der Waals surface area contributed by atoms with Crippen molar-refractivity contribution < 1.29 is 18.0 Å². The smallest absolute Gasteiger partial charge is 0.244 e. The molecule has 3 aromatic rings. The van der Waals surface area contributed by atoms with E-state index in [4.69, 9.17) is 0 Å². The predicted octanol–water partition coefficient (Wildman–Crippen LogP) is 3.96. The van der Waals surface area contributed by atoms with Crippen LogP contribution < -0.4 is 9.62 Å². The van der Waals surface area contributed by atoms with Crippen molar-refractivity contribution in [3.05, 3.63) is 102 Å². The van der Waals surface area contributed by atoms with Crippen molar-refractivity contribution in [3.8, 4) is 0 Å². The fourth-order valence-electron chi connectivity index (χ4n) is 4.30. The van der Waals surface area contributed by atoms with Crippen LogP contribution in [0.1, 0.15) is 36.5 Å². The zero-order chi connectivity index (χ0) is 27.0. The minimum atomic E-state index is -3.80. The molecule has 0 aliphatic rings. The number of para-hydroxylation sites is 1. The molecular weight excluding hydrogens is 486 g/mol. The van der Waals surface area contributed by atoms with Crippen LogP contribution in [0, 0.1) is 0 Å². The Labute approximate surface area is 220 Å². The zero-order valence-electron chi connectivity index (χ0n) is 21.8. The average Bonchev–Trinajstić information content (AvgIpc) is 2.89. The molecule has 0 saturated carbocycles. The Bertz CT molecular complexity index is 1290. The van der Waals surface area contributed by atoms with Gasteiger partial charge in [0.2, 0.25) is 21.8 Å². The summed E-state index contributed by atoms with van der Waals surface area (Å²) < 4.78 is 27.0. The van der Waals surface area contributed by atoms with Crippen LogP contribution in [-0.4, -0.2) is 51.0 Å². The molecule has 0 fully saturated rings. The lowest BCUT2D eigenvalue weighted by Gasteiger charge is -2.33. The third-order valence-electron chi connectivity index (χ3n) is 6.22. The van der Waals surface area contributed by atoms with Crippen molar-refractivity contribution in [1.29, 1.82) is 0 Å². The highest BCUT2D eigenvalue weighted by molar-refractivity contribution is 7.92. The molecule has 1 atom stereocenters. The monoisotopic (exact) mass is 521 g/mol. The molecule has 0 radical (unpaired) electrons. The number of carbonyl (C=O) groups excluding carboxylic acids is 2. The molecule has 1 N–H and O–H groups in total. The number of amides is 2. The summed E-state index contributed by atoms with van der Waals surface area (Å²) in [6.45, 7) is 3.69. The van der Waals surface area contributed by atoms with Gasteiger partial charge >= 0.3 is 0 Å². The number of carbonyl (C=O) groups is 2. The van der Waals surface area contributed by atoms with E-state index in [0.29, 0.717) is 12.1 Å². The third kappa shape index (κ3) is 7.43. The number of benzene rings is 3. The van der Waals surface area contributed by atoms with E-state index >= 15 is 0 Å².